The van der Waals surface area contributed by atoms with Gasteiger partial charge in [-0.1, -0.05) is 55.5 Å². The standard InChI is InChI=1S/C27H25N3O3S/c1-4-32-21-11-5-9-19-14-22(33-25(19)21)26(31)30(16-18-8-7-13-28-15-18)27-29-24-20(17(2)3)10-6-12-23(24)34-27/h5-15,17H,4,16H2,1-3H3. The summed E-state index contributed by atoms with van der Waals surface area (Å²) in [6.07, 6.45) is 3.48. The van der Waals surface area contributed by atoms with Crippen molar-refractivity contribution in [2.45, 2.75) is 33.2 Å². The number of furan rings is 1. The van der Waals surface area contributed by atoms with Crippen molar-refractivity contribution >= 4 is 43.6 Å². The lowest BCUT2D eigenvalue weighted by Gasteiger charge is -2.18. The number of benzene rings is 2. The maximum Gasteiger partial charge on any atom is 0.296 e. The zero-order chi connectivity index (χ0) is 23.7. The van der Waals surface area contributed by atoms with Crippen molar-refractivity contribution in [2.24, 2.45) is 0 Å². The molecule has 0 saturated heterocycles. The van der Waals surface area contributed by atoms with Gasteiger partial charge >= 0.3 is 0 Å². The van der Waals surface area contributed by atoms with Crippen LogP contribution in [0.1, 0.15) is 48.4 Å². The lowest BCUT2D eigenvalue weighted by Crippen LogP contribution is -2.30. The van der Waals surface area contributed by atoms with Crippen LogP contribution >= 0.6 is 11.3 Å². The van der Waals surface area contributed by atoms with E-state index in [1.54, 1.807) is 23.4 Å². The number of carbonyl (C=O) groups is 1. The molecule has 3 heterocycles. The van der Waals surface area contributed by atoms with Gasteiger partial charge in [-0.2, -0.15) is 0 Å². The van der Waals surface area contributed by atoms with E-state index in [0.29, 0.717) is 35.5 Å². The molecule has 0 bridgehead atoms. The van der Waals surface area contributed by atoms with Crippen LogP contribution in [0.5, 0.6) is 5.75 Å². The zero-order valence-electron chi connectivity index (χ0n) is 19.3. The third-order valence-corrected chi connectivity index (χ3v) is 6.66. The highest BCUT2D eigenvalue weighted by Crippen LogP contribution is 2.36. The minimum Gasteiger partial charge on any atom is -0.490 e. The number of para-hydroxylation sites is 2. The van der Waals surface area contributed by atoms with Gasteiger partial charge in [0.25, 0.3) is 5.91 Å². The van der Waals surface area contributed by atoms with Gasteiger partial charge in [-0.05, 0) is 48.2 Å². The molecule has 0 aliphatic carbocycles. The number of fused-ring (bicyclic) bond motifs is 2. The molecule has 1 amide bonds. The number of hydrogen-bond donors (Lipinski definition) is 0. The van der Waals surface area contributed by atoms with Gasteiger partial charge in [-0.25, -0.2) is 4.98 Å². The molecule has 0 aliphatic rings. The topological polar surface area (TPSA) is 68.5 Å². The second-order valence-electron chi connectivity index (χ2n) is 8.32. The highest BCUT2D eigenvalue weighted by molar-refractivity contribution is 7.22. The zero-order valence-corrected chi connectivity index (χ0v) is 20.1. The molecule has 2 aromatic carbocycles. The van der Waals surface area contributed by atoms with Crippen LogP contribution in [0.25, 0.3) is 21.2 Å². The first-order chi connectivity index (χ1) is 16.5. The number of hydrogen-bond acceptors (Lipinski definition) is 6. The summed E-state index contributed by atoms with van der Waals surface area (Å²) in [5.41, 5.74) is 3.58. The van der Waals surface area contributed by atoms with Crippen LogP contribution in [0.15, 0.2) is 71.4 Å². The van der Waals surface area contributed by atoms with Crippen molar-refractivity contribution in [3.8, 4) is 5.75 Å². The number of ether oxygens (including phenoxy) is 1. The smallest absolute Gasteiger partial charge is 0.296 e. The number of carbonyl (C=O) groups excluding carboxylic acids is 1. The summed E-state index contributed by atoms with van der Waals surface area (Å²) in [6, 6.07) is 17.4. The van der Waals surface area contributed by atoms with E-state index in [0.717, 1.165) is 21.2 Å². The van der Waals surface area contributed by atoms with Crippen LogP contribution in [0.3, 0.4) is 0 Å². The molecule has 3 aromatic heterocycles. The van der Waals surface area contributed by atoms with E-state index >= 15 is 0 Å². The molecule has 0 fully saturated rings. The van der Waals surface area contributed by atoms with Crippen molar-refractivity contribution in [3.05, 3.63) is 83.9 Å². The number of amides is 1. The van der Waals surface area contributed by atoms with Gasteiger partial charge in [0.2, 0.25) is 0 Å². The Bertz CT molecular complexity index is 1460. The van der Waals surface area contributed by atoms with E-state index in [4.69, 9.17) is 14.1 Å². The minimum atomic E-state index is -0.257. The summed E-state index contributed by atoms with van der Waals surface area (Å²) in [4.78, 5) is 24.6. The largest absolute Gasteiger partial charge is 0.490 e. The summed E-state index contributed by atoms with van der Waals surface area (Å²) in [5, 5.41) is 1.45. The Hall–Kier alpha value is -3.71. The number of aromatic nitrogens is 2. The molecule has 0 unspecified atom stereocenters. The molecular formula is C27H25N3O3S. The van der Waals surface area contributed by atoms with E-state index < -0.39 is 0 Å². The minimum absolute atomic E-state index is 0.245. The summed E-state index contributed by atoms with van der Waals surface area (Å²) in [7, 11) is 0. The monoisotopic (exact) mass is 471 g/mol. The van der Waals surface area contributed by atoms with E-state index in [-0.39, 0.29) is 11.7 Å². The molecule has 0 aliphatic heterocycles. The van der Waals surface area contributed by atoms with Crippen LogP contribution in [-0.2, 0) is 6.54 Å². The van der Waals surface area contributed by atoms with Crippen LogP contribution in [0.2, 0.25) is 0 Å². The molecular weight excluding hydrogens is 446 g/mol. The van der Waals surface area contributed by atoms with Crippen LogP contribution in [0.4, 0.5) is 5.13 Å². The van der Waals surface area contributed by atoms with Crippen molar-refractivity contribution in [3.63, 3.8) is 0 Å². The highest BCUT2D eigenvalue weighted by Gasteiger charge is 2.26. The quantitative estimate of drug-likeness (QED) is 0.261. The third-order valence-electron chi connectivity index (χ3n) is 5.62. The van der Waals surface area contributed by atoms with E-state index in [2.05, 4.69) is 24.9 Å². The molecule has 172 valence electrons. The van der Waals surface area contributed by atoms with Gasteiger partial charge in [0.05, 0.1) is 23.4 Å². The van der Waals surface area contributed by atoms with Crippen molar-refractivity contribution in [1.82, 2.24) is 9.97 Å². The molecule has 7 heteroatoms. The van der Waals surface area contributed by atoms with E-state index in [9.17, 15) is 4.79 Å². The molecule has 0 spiro atoms. The van der Waals surface area contributed by atoms with Crippen LogP contribution in [0, 0.1) is 0 Å². The summed E-state index contributed by atoms with van der Waals surface area (Å²) >= 11 is 1.50. The maximum atomic E-state index is 13.8. The Balaban J connectivity index is 1.60. The number of thiazole rings is 1. The average Bonchev–Trinajstić information content (AvgIpc) is 3.47. The molecule has 34 heavy (non-hydrogen) atoms. The third kappa shape index (κ3) is 4.15. The first kappa shape index (κ1) is 22.1. The fraction of sp³-hybridized carbons (Fsp3) is 0.222. The highest BCUT2D eigenvalue weighted by atomic mass is 32.1. The number of rotatable bonds is 7. The lowest BCUT2D eigenvalue weighted by atomic mass is 10.0. The van der Waals surface area contributed by atoms with Crippen LogP contribution in [-0.4, -0.2) is 22.5 Å². The molecule has 5 rings (SSSR count). The van der Waals surface area contributed by atoms with Crippen molar-refractivity contribution in [1.29, 1.82) is 0 Å². The normalized spacial score (nSPS) is 11.4. The first-order valence-electron chi connectivity index (χ1n) is 11.3. The number of pyridine rings is 1. The Morgan fingerprint density at radius 2 is 2.00 bits per heavy atom. The molecule has 0 radical (unpaired) electrons. The predicted octanol–water partition coefficient (Wildman–Crippen LogP) is 6.81. The van der Waals surface area contributed by atoms with Crippen molar-refractivity contribution in [2.75, 3.05) is 11.5 Å². The second-order valence-corrected chi connectivity index (χ2v) is 9.32. The molecule has 0 N–H and O–H groups in total. The average molecular weight is 472 g/mol. The Morgan fingerprint density at radius 1 is 1.15 bits per heavy atom. The van der Waals surface area contributed by atoms with Gasteiger partial charge in [0.1, 0.15) is 0 Å². The van der Waals surface area contributed by atoms with Gasteiger partial charge < -0.3 is 9.15 Å². The van der Waals surface area contributed by atoms with Crippen molar-refractivity contribution < 1.29 is 13.9 Å². The molecule has 0 saturated carbocycles. The summed E-state index contributed by atoms with van der Waals surface area (Å²) in [6.45, 7) is 7.06. The molecule has 5 aromatic rings. The second kappa shape index (κ2) is 9.27. The summed E-state index contributed by atoms with van der Waals surface area (Å²) in [5.74, 6) is 0.940. The number of anilines is 1. The SMILES string of the molecule is CCOc1cccc2cc(C(=O)N(Cc3cccnc3)c3nc4c(C(C)C)cccc4s3)oc12. The Morgan fingerprint density at radius 3 is 2.76 bits per heavy atom. The van der Waals surface area contributed by atoms with Gasteiger partial charge in [0, 0.05) is 17.8 Å². The fourth-order valence-corrected chi connectivity index (χ4v) is 4.98. The Labute approximate surface area is 201 Å². The Kier molecular flexibility index (Phi) is 6.02. The predicted molar refractivity (Wildman–Crippen MR) is 136 cm³/mol. The fourth-order valence-electron chi connectivity index (χ4n) is 3.98. The van der Waals surface area contributed by atoms with E-state index in [1.165, 1.54) is 16.9 Å². The van der Waals surface area contributed by atoms with Gasteiger partial charge in [-0.15, -0.1) is 0 Å². The van der Waals surface area contributed by atoms with E-state index in [1.807, 2.05) is 49.4 Å². The summed E-state index contributed by atoms with van der Waals surface area (Å²) < 4.78 is 12.8. The maximum absolute atomic E-state index is 13.8. The first-order valence-corrected chi connectivity index (χ1v) is 12.1. The van der Waals surface area contributed by atoms with Gasteiger partial charge in [-0.3, -0.25) is 14.7 Å². The lowest BCUT2D eigenvalue weighted by molar-refractivity contribution is 0.0960. The molecule has 0 atom stereocenters. The molecule has 6 nitrogen and oxygen atoms in total. The van der Waals surface area contributed by atoms with Gasteiger partial charge in [0.15, 0.2) is 22.2 Å². The number of nitrogens with zero attached hydrogens (tertiary/aromatic N) is 3. The van der Waals surface area contributed by atoms with Crippen LogP contribution < -0.4 is 9.64 Å².